The third-order valence-electron chi connectivity index (χ3n) is 1.60. The van der Waals surface area contributed by atoms with E-state index in [-0.39, 0.29) is 18.6 Å². The molecule has 0 aromatic heterocycles. The second-order valence-electron chi connectivity index (χ2n) is 2.51. The number of ketones is 1. The number of hydrogen-bond acceptors (Lipinski definition) is 4. The van der Waals surface area contributed by atoms with E-state index in [1.165, 1.54) is 6.92 Å². The summed E-state index contributed by atoms with van der Waals surface area (Å²) in [5.74, 6) is 0.0786. The van der Waals surface area contributed by atoms with Crippen molar-refractivity contribution in [1.29, 1.82) is 0 Å². The molecule has 0 aromatic carbocycles. The summed E-state index contributed by atoms with van der Waals surface area (Å²) in [4.78, 5) is 13.4. The lowest BCUT2D eigenvalue weighted by Crippen LogP contribution is -2.33. The van der Waals surface area contributed by atoms with Gasteiger partial charge in [0.25, 0.3) is 0 Å². The molecule has 0 rings (SSSR count). The predicted molar refractivity (Wildman–Crippen MR) is 48.1 cm³/mol. The van der Waals surface area contributed by atoms with Gasteiger partial charge in [0.15, 0.2) is 0 Å². The molecule has 1 N–H and O–H groups in total. The molecule has 0 aliphatic rings. The molecule has 0 amide bonds. The van der Waals surface area contributed by atoms with Gasteiger partial charge in [-0.2, -0.15) is 0 Å². The molecule has 6 nitrogen and oxygen atoms in total. The molecular weight excluding hydrogens is 172 g/mol. The number of nitrogens with one attached hydrogen (secondary N) is 1. The average molecular weight is 186 g/mol. The first kappa shape index (κ1) is 11.9. The number of ether oxygens (including phenoxy) is 1. The van der Waals surface area contributed by atoms with Crippen molar-refractivity contribution in [3.8, 4) is 0 Å². The molecule has 0 aliphatic heterocycles. The Balaban J connectivity index is 3.49. The van der Waals surface area contributed by atoms with Crippen molar-refractivity contribution < 1.29 is 9.53 Å². The molecular formula is C7H14N4O2. The van der Waals surface area contributed by atoms with Crippen LogP contribution in [0, 0.1) is 0 Å². The topological polar surface area (TPSA) is 87.1 Å². The zero-order valence-corrected chi connectivity index (χ0v) is 7.86. The zero-order chi connectivity index (χ0) is 10.1. The summed E-state index contributed by atoms with van der Waals surface area (Å²) in [5, 5.41) is 6.05. The van der Waals surface area contributed by atoms with E-state index in [0.717, 1.165) is 0 Å². The molecule has 0 saturated heterocycles. The van der Waals surface area contributed by atoms with Gasteiger partial charge in [0, 0.05) is 11.5 Å². The highest BCUT2D eigenvalue weighted by atomic mass is 16.5. The van der Waals surface area contributed by atoms with Gasteiger partial charge in [0.05, 0.1) is 6.04 Å². The summed E-state index contributed by atoms with van der Waals surface area (Å²) < 4.78 is 4.94. The predicted octanol–water partition coefficient (Wildman–Crippen LogP) is 0.838. The van der Waals surface area contributed by atoms with E-state index < -0.39 is 0 Å². The maximum atomic E-state index is 10.9. The van der Waals surface area contributed by atoms with E-state index in [1.807, 2.05) is 0 Å². The van der Waals surface area contributed by atoms with Crippen LogP contribution in [0.5, 0.6) is 0 Å². The molecule has 13 heavy (non-hydrogen) atoms. The van der Waals surface area contributed by atoms with Crippen molar-refractivity contribution in [2.24, 2.45) is 5.11 Å². The number of nitrogens with zero attached hydrogens (tertiary/aromatic N) is 3. The standard InChI is InChI=1S/C7H14N4O2/c1-6(12)7(9-2)3-4-13-5-10-11-8/h7,9H,3-5H2,1-2H3. The lowest BCUT2D eigenvalue weighted by Gasteiger charge is -2.11. The molecule has 6 heteroatoms. The van der Waals surface area contributed by atoms with Crippen molar-refractivity contribution in [3.63, 3.8) is 0 Å². The van der Waals surface area contributed by atoms with Crippen LogP contribution in [-0.2, 0) is 9.53 Å². The molecule has 0 radical (unpaired) electrons. The van der Waals surface area contributed by atoms with Crippen LogP contribution >= 0.6 is 0 Å². The number of carbonyl (C=O) groups excluding carboxylic acids is 1. The van der Waals surface area contributed by atoms with Gasteiger partial charge in [-0.3, -0.25) is 4.79 Å². The summed E-state index contributed by atoms with van der Waals surface area (Å²) in [7, 11) is 1.72. The minimum atomic E-state index is -0.175. The maximum absolute atomic E-state index is 10.9. The number of carbonyl (C=O) groups is 1. The Bertz CT molecular complexity index is 201. The normalized spacial score (nSPS) is 11.8. The first-order valence-corrected chi connectivity index (χ1v) is 3.98. The van der Waals surface area contributed by atoms with Crippen LogP contribution < -0.4 is 5.32 Å². The summed E-state index contributed by atoms with van der Waals surface area (Å²) in [6.45, 7) is 1.95. The van der Waals surface area contributed by atoms with E-state index in [9.17, 15) is 4.79 Å². The van der Waals surface area contributed by atoms with Crippen molar-refractivity contribution in [2.75, 3.05) is 20.4 Å². The Morgan fingerprint density at radius 2 is 2.46 bits per heavy atom. The fourth-order valence-electron chi connectivity index (χ4n) is 0.883. The molecule has 0 saturated carbocycles. The van der Waals surface area contributed by atoms with E-state index in [1.54, 1.807) is 7.05 Å². The fourth-order valence-corrected chi connectivity index (χ4v) is 0.883. The third kappa shape index (κ3) is 6.10. The van der Waals surface area contributed by atoms with Crippen LogP contribution in [0.15, 0.2) is 5.11 Å². The smallest absolute Gasteiger partial charge is 0.146 e. The monoisotopic (exact) mass is 186 g/mol. The summed E-state index contributed by atoms with van der Waals surface area (Å²) in [6.07, 6.45) is 0.590. The molecule has 1 unspecified atom stereocenters. The van der Waals surface area contributed by atoms with Gasteiger partial charge in [0.2, 0.25) is 0 Å². The van der Waals surface area contributed by atoms with Crippen molar-refractivity contribution in [2.45, 2.75) is 19.4 Å². The SMILES string of the molecule is CNC(CCOCN=[N+]=[N-])C(C)=O. The summed E-state index contributed by atoms with van der Waals surface area (Å²) >= 11 is 0. The molecule has 0 aromatic rings. The van der Waals surface area contributed by atoms with Gasteiger partial charge in [-0.15, -0.1) is 0 Å². The van der Waals surface area contributed by atoms with Gasteiger partial charge in [-0.25, -0.2) is 0 Å². The van der Waals surface area contributed by atoms with Gasteiger partial charge in [-0.1, -0.05) is 5.11 Å². The number of likely N-dealkylation sites (N-methyl/N-ethyl adjacent to an activating group) is 1. The maximum Gasteiger partial charge on any atom is 0.146 e. The highest BCUT2D eigenvalue weighted by Crippen LogP contribution is 1.93. The Labute approximate surface area is 76.9 Å². The molecule has 0 heterocycles. The Morgan fingerprint density at radius 3 is 2.92 bits per heavy atom. The molecule has 0 fully saturated rings. The van der Waals surface area contributed by atoms with Gasteiger partial charge in [0.1, 0.15) is 12.5 Å². The van der Waals surface area contributed by atoms with E-state index in [0.29, 0.717) is 13.0 Å². The highest BCUT2D eigenvalue weighted by molar-refractivity contribution is 5.81. The number of azide groups is 1. The van der Waals surface area contributed by atoms with Crippen molar-refractivity contribution in [1.82, 2.24) is 5.32 Å². The second-order valence-corrected chi connectivity index (χ2v) is 2.51. The lowest BCUT2D eigenvalue weighted by atomic mass is 10.1. The number of rotatable bonds is 7. The largest absolute Gasteiger partial charge is 0.375 e. The van der Waals surface area contributed by atoms with Crippen LogP contribution in [-0.4, -0.2) is 32.2 Å². The Kier molecular flexibility index (Phi) is 6.91. The molecule has 74 valence electrons. The highest BCUT2D eigenvalue weighted by Gasteiger charge is 2.09. The van der Waals surface area contributed by atoms with E-state index in [2.05, 4.69) is 15.3 Å². The van der Waals surface area contributed by atoms with Crippen LogP contribution in [0.1, 0.15) is 13.3 Å². The van der Waals surface area contributed by atoms with Crippen LogP contribution in [0.2, 0.25) is 0 Å². The summed E-state index contributed by atoms with van der Waals surface area (Å²) in [5.41, 5.74) is 7.92. The minimum absolute atomic E-state index is 0.0187. The van der Waals surface area contributed by atoms with Crippen LogP contribution in [0.25, 0.3) is 10.4 Å². The average Bonchev–Trinajstić information content (AvgIpc) is 2.10. The van der Waals surface area contributed by atoms with Crippen molar-refractivity contribution >= 4 is 5.78 Å². The molecule has 0 spiro atoms. The van der Waals surface area contributed by atoms with Gasteiger partial charge in [-0.05, 0) is 25.9 Å². The first-order valence-electron chi connectivity index (χ1n) is 3.98. The second kappa shape index (κ2) is 7.54. The Morgan fingerprint density at radius 1 is 1.77 bits per heavy atom. The van der Waals surface area contributed by atoms with Gasteiger partial charge >= 0.3 is 0 Å². The number of Topliss-reactive ketones (excluding diaryl/α,β-unsaturated/α-hetero) is 1. The minimum Gasteiger partial charge on any atom is -0.375 e. The molecule has 1 atom stereocenters. The third-order valence-corrected chi connectivity index (χ3v) is 1.60. The van der Waals surface area contributed by atoms with Gasteiger partial charge < -0.3 is 10.1 Å². The van der Waals surface area contributed by atoms with E-state index in [4.69, 9.17) is 10.3 Å². The zero-order valence-electron chi connectivity index (χ0n) is 7.86. The van der Waals surface area contributed by atoms with Crippen molar-refractivity contribution in [3.05, 3.63) is 10.4 Å². The fraction of sp³-hybridized carbons (Fsp3) is 0.857. The Hall–Kier alpha value is -1.10. The van der Waals surface area contributed by atoms with E-state index >= 15 is 0 Å². The summed E-state index contributed by atoms with van der Waals surface area (Å²) in [6, 6.07) is -0.175. The molecule has 0 aliphatic carbocycles. The number of hydrogen-bond donors (Lipinski definition) is 1. The lowest BCUT2D eigenvalue weighted by molar-refractivity contribution is -0.119. The quantitative estimate of drug-likeness (QED) is 0.276. The van der Waals surface area contributed by atoms with Crippen LogP contribution in [0.3, 0.4) is 0 Å². The molecule has 0 bridgehead atoms. The van der Waals surface area contributed by atoms with Crippen LogP contribution in [0.4, 0.5) is 0 Å². The first-order chi connectivity index (χ1) is 6.22.